The van der Waals surface area contributed by atoms with Crippen molar-refractivity contribution in [2.24, 2.45) is 5.14 Å². The molecule has 0 bridgehead atoms. The van der Waals surface area contributed by atoms with Crippen LogP contribution in [0.3, 0.4) is 0 Å². The molecule has 0 aliphatic rings. The van der Waals surface area contributed by atoms with Gasteiger partial charge in [-0.2, -0.15) is 0 Å². The Morgan fingerprint density at radius 3 is 2.37 bits per heavy atom. The average Bonchev–Trinajstić information content (AvgIpc) is 2.32. The molecular weight excluding hydrogens is 266 g/mol. The van der Waals surface area contributed by atoms with Crippen molar-refractivity contribution in [1.82, 2.24) is 5.32 Å². The maximum Gasteiger partial charge on any atom is 0.241 e. The van der Waals surface area contributed by atoms with Crippen molar-refractivity contribution in [1.29, 1.82) is 0 Å². The number of anilines is 1. The molecule has 1 aromatic rings. The molecule has 4 N–H and O–H groups in total. The standard InChI is InChI=1S/C12H19N3O3S/c1-7-5-10(19(13,17)18)6-11(8(7)2)15-12(16)9(3)14-4/h5-6,9,14H,1-4H3,(H,15,16)(H2,13,17,18). The zero-order valence-corrected chi connectivity index (χ0v) is 12.3. The third-order valence-corrected chi connectivity index (χ3v) is 3.95. The van der Waals surface area contributed by atoms with Crippen molar-refractivity contribution in [3.63, 3.8) is 0 Å². The molecule has 0 spiro atoms. The molecule has 106 valence electrons. The number of hydrogen-bond donors (Lipinski definition) is 3. The van der Waals surface area contributed by atoms with E-state index in [4.69, 9.17) is 5.14 Å². The number of carbonyl (C=O) groups is 1. The molecule has 0 saturated heterocycles. The molecule has 0 radical (unpaired) electrons. The number of carbonyl (C=O) groups excluding carboxylic acids is 1. The summed E-state index contributed by atoms with van der Waals surface area (Å²) in [5.41, 5.74) is 2.01. The average molecular weight is 285 g/mol. The van der Waals surface area contributed by atoms with Crippen LogP contribution < -0.4 is 15.8 Å². The lowest BCUT2D eigenvalue weighted by Gasteiger charge is -2.15. The van der Waals surface area contributed by atoms with Crippen LogP contribution in [0.25, 0.3) is 0 Å². The number of aryl methyl sites for hydroxylation is 1. The first-order valence-corrected chi connectivity index (χ1v) is 7.33. The second-order valence-electron chi connectivity index (χ2n) is 4.46. The van der Waals surface area contributed by atoms with E-state index in [1.807, 2.05) is 6.92 Å². The van der Waals surface area contributed by atoms with Gasteiger partial charge in [0.05, 0.1) is 10.9 Å². The summed E-state index contributed by atoms with van der Waals surface area (Å²) in [5, 5.41) is 10.6. The van der Waals surface area contributed by atoms with E-state index in [2.05, 4.69) is 10.6 Å². The van der Waals surface area contributed by atoms with Crippen LogP contribution in [-0.2, 0) is 14.8 Å². The molecule has 1 aromatic carbocycles. The molecule has 0 aliphatic carbocycles. The molecule has 1 amide bonds. The summed E-state index contributed by atoms with van der Waals surface area (Å²) in [6.45, 7) is 5.28. The third kappa shape index (κ3) is 3.76. The highest BCUT2D eigenvalue weighted by Crippen LogP contribution is 2.23. The van der Waals surface area contributed by atoms with Crippen LogP contribution in [0.15, 0.2) is 17.0 Å². The van der Waals surface area contributed by atoms with Crippen LogP contribution in [-0.4, -0.2) is 27.4 Å². The van der Waals surface area contributed by atoms with Crippen molar-refractivity contribution in [2.75, 3.05) is 12.4 Å². The van der Waals surface area contributed by atoms with Crippen LogP contribution in [0.1, 0.15) is 18.1 Å². The zero-order chi connectivity index (χ0) is 14.8. The maximum absolute atomic E-state index is 11.8. The second kappa shape index (κ2) is 5.68. The Balaban J connectivity index is 3.21. The number of nitrogens with two attached hydrogens (primary N) is 1. The van der Waals surface area contributed by atoms with Gasteiger partial charge in [-0.3, -0.25) is 4.79 Å². The maximum atomic E-state index is 11.8. The van der Waals surface area contributed by atoms with Crippen LogP contribution >= 0.6 is 0 Å². The van der Waals surface area contributed by atoms with E-state index in [1.54, 1.807) is 20.9 Å². The van der Waals surface area contributed by atoms with Crippen molar-refractivity contribution in [3.8, 4) is 0 Å². The minimum absolute atomic E-state index is 0.0111. The topological polar surface area (TPSA) is 101 Å². The quantitative estimate of drug-likeness (QED) is 0.749. The van der Waals surface area contributed by atoms with E-state index in [9.17, 15) is 13.2 Å². The molecule has 0 fully saturated rings. The van der Waals surface area contributed by atoms with Gasteiger partial charge in [0.2, 0.25) is 15.9 Å². The molecular formula is C12H19N3O3S. The normalized spacial score (nSPS) is 13.1. The van der Waals surface area contributed by atoms with E-state index in [0.29, 0.717) is 5.69 Å². The molecule has 19 heavy (non-hydrogen) atoms. The van der Waals surface area contributed by atoms with Crippen molar-refractivity contribution >= 4 is 21.6 Å². The molecule has 1 unspecified atom stereocenters. The van der Waals surface area contributed by atoms with Crippen LogP contribution in [0, 0.1) is 13.8 Å². The van der Waals surface area contributed by atoms with Gasteiger partial charge < -0.3 is 10.6 Å². The van der Waals surface area contributed by atoms with Gasteiger partial charge in [-0.25, -0.2) is 13.6 Å². The van der Waals surface area contributed by atoms with Crippen molar-refractivity contribution < 1.29 is 13.2 Å². The Hall–Kier alpha value is -1.44. The smallest absolute Gasteiger partial charge is 0.241 e. The Morgan fingerprint density at radius 1 is 1.32 bits per heavy atom. The Kier molecular flexibility index (Phi) is 4.67. The summed E-state index contributed by atoms with van der Waals surface area (Å²) in [4.78, 5) is 11.8. The monoisotopic (exact) mass is 285 g/mol. The van der Waals surface area contributed by atoms with Gasteiger partial charge in [0.25, 0.3) is 0 Å². The van der Waals surface area contributed by atoms with Gasteiger partial charge in [-0.05, 0) is 51.1 Å². The van der Waals surface area contributed by atoms with Gasteiger partial charge in [0.1, 0.15) is 0 Å². The fraction of sp³-hybridized carbons (Fsp3) is 0.417. The molecule has 1 rings (SSSR count). The van der Waals surface area contributed by atoms with Crippen LogP contribution in [0.4, 0.5) is 5.69 Å². The molecule has 7 heteroatoms. The van der Waals surface area contributed by atoms with Gasteiger partial charge >= 0.3 is 0 Å². The first-order valence-electron chi connectivity index (χ1n) is 5.79. The third-order valence-electron chi connectivity index (χ3n) is 3.05. The number of nitrogens with one attached hydrogen (secondary N) is 2. The minimum Gasteiger partial charge on any atom is -0.324 e. The number of rotatable bonds is 4. The van der Waals surface area contributed by atoms with E-state index in [1.165, 1.54) is 12.1 Å². The summed E-state index contributed by atoms with van der Waals surface area (Å²) in [6, 6.07) is 2.48. The minimum atomic E-state index is -3.79. The van der Waals surface area contributed by atoms with E-state index in [-0.39, 0.29) is 16.8 Å². The SMILES string of the molecule is CNC(C)C(=O)Nc1cc(S(N)(=O)=O)cc(C)c1C. The number of amides is 1. The lowest BCUT2D eigenvalue weighted by atomic mass is 10.1. The molecule has 0 heterocycles. The fourth-order valence-electron chi connectivity index (χ4n) is 1.49. The summed E-state index contributed by atoms with van der Waals surface area (Å²) < 4.78 is 22.8. The van der Waals surface area contributed by atoms with Gasteiger partial charge in [0.15, 0.2) is 0 Å². The summed E-state index contributed by atoms with van der Waals surface area (Å²) in [7, 11) is -2.12. The Morgan fingerprint density at radius 2 is 1.89 bits per heavy atom. The summed E-state index contributed by atoms with van der Waals surface area (Å²) in [6.07, 6.45) is 0. The summed E-state index contributed by atoms with van der Waals surface area (Å²) in [5.74, 6) is -0.239. The van der Waals surface area contributed by atoms with E-state index in [0.717, 1.165) is 11.1 Å². The largest absolute Gasteiger partial charge is 0.324 e. The number of primary sulfonamides is 1. The zero-order valence-electron chi connectivity index (χ0n) is 11.4. The Bertz CT molecular complexity index is 596. The highest BCUT2D eigenvalue weighted by Gasteiger charge is 2.16. The van der Waals surface area contributed by atoms with Gasteiger partial charge in [0, 0.05) is 5.69 Å². The predicted octanol–water partition coefficient (Wildman–Crippen LogP) is 0.497. The van der Waals surface area contributed by atoms with Crippen molar-refractivity contribution in [2.45, 2.75) is 31.7 Å². The predicted molar refractivity (Wildman–Crippen MR) is 74.4 cm³/mol. The molecule has 0 aliphatic heterocycles. The number of hydrogen-bond acceptors (Lipinski definition) is 4. The van der Waals surface area contributed by atoms with E-state index < -0.39 is 10.0 Å². The van der Waals surface area contributed by atoms with Crippen LogP contribution in [0.2, 0.25) is 0 Å². The van der Waals surface area contributed by atoms with Crippen LogP contribution in [0.5, 0.6) is 0 Å². The van der Waals surface area contributed by atoms with Gasteiger partial charge in [-0.1, -0.05) is 0 Å². The number of sulfonamides is 1. The highest BCUT2D eigenvalue weighted by molar-refractivity contribution is 7.89. The lowest BCUT2D eigenvalue weighted by Crippen LogP contribution is -2.35. The number of benzene rings is 1. The first kappa shape index (κ1) is 15.6. The summed E-state index contributed by atoms with van der Waals surface area (Å²) >= 11 is 0. The van der Waals surface area contributed by atoms with E-state index >= 15 is 0 Å². The molecule has 0 aromatic heterocycles. The lowest BCUT2D eigenvalue weighted by molar-refractivity contribution is -0.117. The van der Waals surface area contributed by atoms with Gasteiger partial charge in [-0.15, -0.1) is 0 Å². The molecule has 1 atom stereocenters. The Labute approximate surface area is 113 Å². The molecule has 0 saturated carbocycles. The van der Waals surface area contributed by atoms with Crippen molar-refractivity contribution in [3.05, 3.63) is 23.3 Å². The first-order chi connectivity index (χ1) is 8.66. The molecule has 6 nitrogen and oxygen atoms in total. The highest BCUT2D eigenvalue weighted by atomic mass is 32.2. The number of likely N-dealkylation sites (N-methyl/N-ethyl adjacent to an activating group) is 1. The second-order valence-corrected chi connectivity index (χ2v) is 6.02. The fourth-order valence-corrected chi connectivity index (χ4v) is 2.12.